The third kappa shape index (κ3) is 6.00. The Morgan fingerprint density at radius 2 is 1.95 bits per heavy atom. The number of allylic oxidation sites excluding steroid dienone is 1. The molecule has 0 bridgehead atoms. The van der Waals surface area contributed by atoms with Crippen LogP contribution < -0.4 is 0 Å². The van der Waals surface area contributed by atoms with E-state index in [0.717, 1.165) is 5.92 Å². The number of hydrogen-bond donors (Lipinski definition) is 0. The van der Waals surface area contributed by atoms with E-state index in [4.69, 9.17) is 6.42 Å². The van der Waals surface area contributed by atoms with E-state index >= 15 is 0 Å². The summed E-state index contributed by atoms with van der Waals surface area (Å²) in [7, 11) is -0.0993. The molecule has 0 rings (SSSR count). The van der Waals surface area contributed by atoms with Gasteiger partial charge in [-0.1, -0.05) is 45.8 Å². The lowest BCUT2D eigenvalue weighted by atomic mass is 9.66. The minimum Gasteiger partial charge on any atom is -0.116 e. The van der Waals surface area contributed by atoms with Crippen LogP contribution in [0.2, 0.25) is 0 Å². The molecular formula is C20H36P+. The van der Waals surface area contributed by atoms with Gasteiger partial charge in [0.2, 0.25) is 0 Å². The molecular weight excluding hydrogens is 271 g/mol. The molecule has 0 saturated heterocycles. The van der Waals surface area contributed by atoms with Gasteiger partial charge in [-0.2, -0.15) is 0 Å². The summed E-state index contributed by atoms with van der Waals surface area (Å²) in [5.74, 6) is 6.76. The van der Waals surface area contributed by atoms with Gasteiger partial charge in [0.25, 0.3) is 0 Å². The van der Waals surface area contributed by atoms with Gasteiger partial charge in [0.05, 0.1) is 12.5 Å². The quantitative estimate of drug-likeness (QED) is 0.201. The summed E-state index contributed by atoms with van der Waals surface area (Å²) in [4.78, 5) is 0. The molecule has 0 nitrogen and oxygen atoms in total. The zero-order valence-corrected chi connectivity index (χ0v) is 16.3. The van der Waals surface area contributed by atoms with Crippen LogP contribution in [0.1, 0.15) is 67.2 Å². The molecule has 0 saturated carbocycles. The molecule has 0 fully saturated rings. The SMILES string of the molecule is C#C[C@H](C)[P+](C)=CCCCC(C)C(C)C(C)(CC)C(=C)C. The highest BCUT2D eigenvalue weighted by atomic mass is 31.1. The van der Waals surface area contributed by atoms with Crippen molar-refractivity contribution in [1.29, 1.82) is 0 Å². The van der Waals surface area contributed by atoms with Crippen LogP contribution in [0.25, 0.3) is 0 Å². The molecule has 0 aromatic heterocycles. The number of unbranched alkanes of at least 4 members (excludes halogenated alkanes) is 1. The molecule has 0 spiro atoms. The fourth-order valence-corrected chi connectivity index (χ4v) is 4.04. The molecule has 0 amide bonds. The summed E-state index contributed by atoms with van der Waals surface area (Å²) in [5.41, 5.74) is 2.03. The zero-order chi connectivity index (χ0) is 16.6. The molecule has 0 aliphatic carbocycles. The summed E-state index contributed by atoms with van der Waals surface area (Å²) in [6, 6.07) is 0. The van der Waals surface area contributed by atoms with Crippen LogP contribution in [0.4, 0.5) is 0 Å². The summed E-state index contributed by atoms with van der Waals surface area (Å²) in [6.45, 7) is 20.3. The van der Waals surface area contributed by atoms with Crippen molar-refractivity contribution in [2.75, 3.05) is 6.66 Å². The fourth-order valence-electron chi connectivity index (χ4n) is 2.90. The Hall–Kier alpha value is -0.530. The molecule has 120 valence electrons. The lowest BCUT2D eigenvalue weighted by Gasteiger charge is -2.39. The molecule has 1 heteroatoms. The molecule has 0 aliphatic rings. The third-order valence-electron chi connectivity index (χ3n) is 5.70. The molecule has 0 heterocycles. The Morgan fingerprint density at radius 1 is 1.38 bits per heavy atom. The van der Waals surface area contributed by atoms with E-state index < -0.39 is 0 Å². The Morgan fingerprint density at radius 3 is 2.38 bits per heavy atom. The highest BCUT2D eigenvalue weighted by Gasteiger charge is 2.33. The third-order valence-corrected chi connectivity index (χ3v) is 7.91. The van der Waals surface area contributed by atoms with Crippen LogP contribution >= 0.6 is 7.55 Å². The summed E-state index contributed by atoms with van der Waals surface area (Å²) in [5, 5.41) is 0. The van der Waals surface area contributed by atoms with Crippen molar-refractivity contribution in [3.63, 3.8) is 0 Å². The first-order valence-electron chi connectivity index (χ1n) is 8.38. The van der Waals surface area contributed by atoms with E-state index in [9.17, 15) is 0 Å². The first-order chi connectivity index (χ1) is 9.70. The smallest absolute Gasteiger partial charge is 0.116 e. The van der Waals surface area contributed by atoms with E-state index in [1.165, 1.54) is 31.3 Å². The largest absolute Gasteiger partial charge is 0.172 e. The van der Waals surface area contributed by atoms with Gasteiger partial charge >= 0.3 is 0 Å². The van der Waals surface area contributed by atoms with E-state index in [-0.39, 0.29) is 13.0 Å². The lowest BCUT2D eigenvalue weighted by Crippen LogP contribution is -2.30. The molecule has 0 N–H and O–H groups in total. The molecule has 0 radical (unpaired) electrons. The van der Waals surface area contributed by atoms with Crippen molar-refractivity contribution in [2.24, 2.45) is 17.3 Å². The Bertz CT molecular complexity index is 399. The maximum absolute atomic E-state index is 5.49. The van der Waals surface area contributed by atoms with Crippen molar-refractivity contribution >= 4 is 13.3 Å². The van der Waals surface area contributed by atoms with E-state index in [0.29, 0.717) is 11.6 Å². The standard InChI is InChI=1S/C20H36P/c1-10-18(6)21(9)15-13-12-14-17(5)19(7)20(8,11-2)16(3)4/h1,15,17-19H,3,11-14H2,2,4-9H3/q+1/t17?,18-,19?,20?/m0/s1. The van der Waals surface area contributed by atoms with Crippen molar-refractivity contribution < 1.29 is 0 Å². The molecule has 0 aromatic carbocycles. The molecule has 0 aromatic rings. The van der Waals surface area contributed by atoms with Crippen LogP contribution in [-0.2, 0) is 0 Å². The maximum atomic E-state index is 5.49. The Kier molecular flexibility index (Phi) is 9.24. The highest BCUT2D eigenvalue weighted by Crippen LogP contribution is 2.42. The monoisotopic (exact) mass is 307 g/mol. The van der Waals surface area contributed by atoms with Crippen molar-refractivity contribution in [3.8, 4) is 12.3 Å². The van der Waals surface area contributed by atoms with Crippen LogP contribution in [0.15, 0.2) is 12.2 Å². The topological polar surface area (TPSA) is 0 Å². The predicted molar refractivity (Wildman–Crippen MR) is 103 cm³/mol. The first kappa shape index (κ1) is 20.5. The average Bonchev–Trinajstić information content (AvgIpc) is 2.48. The van der Waals surface area contributed by atoms with Crippen LogP contribution in [-0.4, -0.2) is 18.1 Å². The Balaban J connectivity index is 4.42. The fraction of sp³-hybridized carbons (Fsp3) is 0.750. The Labute approximate surface area is 135 Å². The number of hydrogen-bond acceptors (Lipinski definition) is 0. The second-order valence-corrected chi connectivity index (χ2v) is 9.41. The van der Waals surface area contributed by atoms with Gasteiger partial charge in [-0.25, -0.2) is 0 Å². The van der Waals surface area contributed by atoms with Gasteiger partial charge in [0.15, 0.2) is 5.66 Å². The summed E-state index contributed by atoms with van der Waals surface area (Å²) >= 11 is 0. The molecule has 4 unspecified atom stereocenters. The van der Waals surface area contributed by atoms with Crippen LogP contribution in [0.3, 0.4) is 0 Å². The second-order valence-electron chi connectivity index (χ2n) is 6.94. The van der Waals surface area contributed by atoms with Gasteiger partial charge in [-0.3, -0.25) is 0 Å². The van der Waals surface area contributed by atoms with Crippen LogP contribution in [0.5, 0.6) is 0 Å². The number of terminal acetylenes is 1. The number of rotatable bonds is 9. The van der Waals surface area contributed by atoms with E-state index in [2.05, 4.69) is 66.5 Å². The maximum Gasteiger partial charge on any atom is 0.172 e. The molecule has 21 heavy (non-hydrogen) atoms. The molecule has 0 aliphatic heterocycles. The van der Waals surface area contributed by atoms with Crippen molar-refractivity contribution in [1.82, 2.24) is 0 Å². The van der Waals surface area contributed by atoms with Crippen LogP contribution in [0, 0.1) is 29.6 Å². The first-order valence-corrected chi connectivity index (χ1v) is 10.3. The normalized spacial score (nSPS) is 19.2. The van der Waals surface area contributed by atoms with Gasteiger partial charge in [-0.05, 0) is 50.4 Å². The minimum absolute atomic E-state index is 0.0993. The highest BCUT2D eigenvalue weighted by molar-refractivity contribution is 7.57. The van der Waals surface area contributed by atoms with E-state index in [1.54, 1.807) is 0 Å². The minimum atomic E-state index is -0.0993. The van der Waals surface area contributed by atoms with Gasteiger partial charge in [0, 0.05) is 6.42 Å². The van der Waals surface area contributed by atoms with Crippen molar-refractivity contribution in [2.45, 2.75) is 72.9 Å². The van der Waals surface area contributed by atoms with Gasteiger partial charge in [-0.15, -0.1) is 6.42 Å². The lowest BCUT2D eigenvalue weighted by molar-refractivity contribution is 0.170. The molecule has 5 atom stereocenters. The van der Waals surface area contributed by atoms with Gasteiger partial charge < -0.3 is 0 Å². The van der Waals surface area contributed by atoms with Crippen molar-refractivity contribution in [3.05, 3.63) is 12.2 Å². The summed E-state index contributed by atoms with van der Waals surface area (Å²) < 4.78 is 0. The summed E-state index contributed by atoms with van der Waals surface area (Å²) in [6.07, 6.45) is 10.5. The zero-order valence-electron chi connectivity index (χ0n) is 15.4. The average molecular weight is 307 g/mol. The second kappa shape index (κ2) is 9.48. The predicted octanol–water partition coefficient (Wildman–Crippen LogP) is 6.36. The van der Waals surface area contributed by atoms with Gasteiger partial charge in [0.1, 0.15) is 7.55 Å². The van der Waals surface area contributed by atoms with E-state index in [1.807, 2.05) is 0 Å².